The van der Waals surface area contributed by atoms with Gasteiger partial charge in [0.2, 0.25) is 0 Å². The number of piperidine rings is 1. The van der Waals surface area contributed by atoms with Gasteiger partial charge >= 0.3 is 5.97 Å². The third kappa shape index (κ3) is 3.32. The minimum atomic E-state index is -1.24. The fourth-order valence-corrected chi connectivity index (χ4v) is 2.63. The van der Waals surface area contributed by atoms with Crippen LogP contribution in [0.1, 0.15) is 24.8 Å². The molecule has 2 rings (SSSR count). The Kier molecular flexibility index (Phi) is 4.28. The molecule has 1 aliphatic heterocycles. The Morgan fingerprint density at radius 1 is 1.45 bits per heavy atom. The minimum absolute atomic E-state index is 0.153. The van der Waals surface area contributed by atoms with Crippen molar-refractivity contribution in [2.75, 3.05) is 18.0 Å². The van der Waals surface area contributed by atoms with Crippen LogP contribution in [-0.2, 0) is 4.79 Å². The van der Waals surface area contributed by atoms with Crippen molar-refractivity contribution in [3.63, 3.8) is 0 Å². The van der Waals surface area contributed by atoms with Crippen molar-refractivity contribution in [3.05, 3.63) is 33.9 Å². The van der Waals surface area contributed by atoms with Crippen molar-refractivity contribution in [2.24, 2.45) is 0 Å². The minimum Gasteiger partial charge on any atom is -0.481 e. The Labute approximate surface area is 126 Å². The SMILES string of the molecule is N#Cc1cc([N+](=O)[O-])ccc1N1CCC(O)(CC(=O)O)CC1. The summed E-state index contributed by atoms with van der Waals surface area (Å²) in [6, 6.07) is 5.99. The van der Waals surface area contributed by atoms with E-state index >= 15 is 0 Å². The normalized spacial score (nSPS) is 16.8. The number of hydrogen-bond donors (Lipinski definition) is 2. The average molecular weight is 305 g/mol. The number of nitro groups is 1. The molecule has 0 aliphatic carbocycles. The van der Waals surface area contributed by atoms with Crippen LogP contribution in [0.3, 0.4) is 0 Å². The zero-order valence-electron chi connectivity index (χ0n) is 11.7. The Bertz CT molecular complexity index is 644. The standard InChI is InChI=1S/C14H15N3O5/c15-9-10-7-11(17(21)22)1-2-12(10)16-5-3-14(20,4-6-16)8-13(18)19/h1-2,7,20H,3-6,8H2,(H,18,19). The first kappa shape index (κ1) is 15.7. The first-order valence-corrected chi connectivity index (χ1v) is 6.72. The average Bonchev–Trinajstić information content (AvgIpc) is 2.46. The van der Waals surface area contributed by atoms with E-state index in [-0.39, 0.29) is 30.5 Å². The number of hydrogen-bond acceptors (Lipinski definition) is 6. The first-order chi connectivity index (χ1) is 10.3. The number of nitriles is 1. The second-order valence-electron chi connectivity index (χ2n) is 5.35. The molecule has 1 aromatic carbocycles. The summed E-state index contributed by atoms with van der Waals surface area (Å²) in [6.45, 7) is 0.770. The van der Waals surface area contributed by atoms with E-state index in [0.717, 1.165) is 0 Å². The van der Waals surface area contributed by atoms with Crippen molar-refractivity contribution >= 4 is 17.3 Å². The van der Waals surface area contributed by atoms with Gasteiger partial charge in [-0.25, -0.2) is 0 Å². The van der Waals surface area contributed by atoms with E-state index in [4.69, 9.17) is 10.4 Å². The van der Waals surface area contributed by atoms with Crippen LogP contribution < -0.4 is 4.90 Å². The number of aliphatic carboxylic acids is 1. The number of rotatable bonds is 4. The molecule has 2 N–H and O–H groups in total. The lowest BCUT2D eigenvalue weighted by molar-refractivity contribution is -0.384. The molecule has 0 saturated carbocycles. The van der Waals surface area contributed by atoms with Gasteiger partial charge in [0.15, 0.2) is 0 Å². The van der Waals surface area contributed by atoms with Crippen LogP contribution in [0.2, 0.25) is 0 Å². The quantitative estimate of drug-likeness (QED) is 0.633. The lowest BCUT2D eigenvalue weighted by atomic mass is 9.88. The number of benzene rings is 1. The van der Waals surface area contributed by atoms with E-state index < -0.39 is 16.5 Å². The van der Waals surface area contributed by atoms with Gasteiger partial charge in [-0.3, -0.25) is 14.9 Å². The maximum Gasteiger partial charge on any atom is 0.306 e. The van der Waals surface area contributed by atoms with E-state index in [2.05, 4.69) is 0 Å². The zero-order chi connectivity index (χ0) is 16.3. The molecule has 22 heavy (non-hydrogen) atoms. The van der Waals surface area contributed by atoms with Gasteiger partial charge < -0.3 is 15.1 Å². The van der Waals surface area contributed by atoms with Crippen LogP contribution in [-0.4, -0.2) is 39.8 Å². The summed E-state index contributed by atoms with van der Waals surface area (Å²) < 4.78 is 0. The van der Waals surface area contributed by atoms with Gasteiger partial charge in [-0.15, -0.1) is 0 Å². The molecule has 1 fully saturated rings. The number of nitro benzene ring substituents is 1. The van der Waals surface area contributed by atoms with Crippen LogP contribution in [0.15, 0.2) is 18.2 Å². The monoisotopic (exact) mass is 305 g/mol. The number of carbonyl (C=O) groups is 1. The van der Waals surface area contributed by atoms with Gasteiger partial charge in [0.25, 0.3) is 5.69 Å². The summed E-state index contributed by atoms with van der Waals surface area (Å²) >= 11 is 0. The molecule has 0 bridgehead atoms. The van der Waals surface area contributed by atoms with Gasteiger partial charge in [0.05, 0.1) is 28.2 Å². The molecule has 0 spiro atoms. The van der Waals surface area contributed by atoms with E-state index in [1.54, 1.807) is 0 Å². The molecule has 1 heterocycles. The molecule has 0 unspecified atom stereocenters. The van der Waals surface area contributed by atoms with E-state index in [1.807, 2.05) is 11.0 Å². The van der Waals surface area contributed by atoms with Crippen molar-refractivity contribution in [3.8, 4) is 6.07 Å². The molecular weight excluding hydrogens is 290 g/mol. The van der Waals surface area contributed by atoms with Crippen LogP contribution in [0.4, 0.5) is 11.4 Å². The molecule has 8 heteroatoms. The fourth-order valence-electron chi connectivity index (χ4n) is 2.63. The van der Waals surface area contributed by atoms with Gasteiger partial charge in [-0.1, -0.05) is 0 Å². The number of carboxylic acid groups (broad SMARTS) is 1. The molecule has 116 valence electrons. The number of aliphatic hydroxyl groups is 1. The second-order valence-corrected chi connectivity index (χ2v) is 5.35. The predicted octanol–water partition coefficient (Wildman–Crippen LogP) is 1.27. The number of non-ortho nitro benzene ring substituents is 1. The van der Waals surface area contributed by atoms with Gasteiger partial charge in [0, 0.05) is 25.2 Å². The number of nitrogens with zero attached hydrogens (tertiary/aromatic N) is 3. The summed E-state index contributed by atoms with van der Waals surface area (Å²) in [6.07, 6.45) is 0.217. The Morgan fingerprint density at radius 2 is 2.09 bits per heavy atom. The van der Waals surface area contributed by atoms with Crippen LogP contribution in [0.5, 0.6) is 0 Å². The highest BCUT2D eigenvalue weighted by atomic mass is 16.6. The first-order valence-electron chi connectivity index (χ1n) is 6.72. The van der Waals surface area contributed by atoms with Gasteiger partial charge in [0.1, 0.15) is 6.07 Å². The summed E-state index contributed by atoms with van der Waals surface area (Å²) in [7, 11) is 0. The number of carboxylic acids is 1. The maximum atomic E-state index is 10.7. The van der Waals surface area contributed by atoms with Gasteiger partial charge in [-0.2, -0.15) is 5.26 Å². The maximum absolute atomic E-state index is 10.7. The third-order valence-electron chi connectivity index (χ3n) is 3.83. The summed E-state index contributed by atoms with van der Waals surface area (Å²) in [5.74, 6) is -1.05. The number of anilines is 1. The molecule has 1 saturated heterocycles. The van der Waals surface area contributed by atoms with Crippen LogP contribution in [0, 0.1) is 21.4 Å². The van der Waals surface area contributed by atoms with Crippen LogP contribution in [0.25, 0.3) is 0 Å². The highest BCUT2D eigenvalue weighted by molar-refractivity contribution is 5.68. The molecule has 0 aromatic heterocycles. The highest BCUT2D eigenvalue weighted by Gasteiger charge is 2.35. The summed E-state index contributed by atoms with van der Waals surface area (Å²) in [4.78, 5) is 22.8. The van der Waals surface area contributed by atoms with Crippen LogP contribution >= 0.6 is 0 Å². The topological polar surface area (TPSA) is 128 Å². The molecule has 0 radical (unpaired) electrons. The summed E-state index contributed by atoms with van der Waals surface area (Å²) in [5, 5.41) is 38.9. The van der Waals surface area contributed by atoms with E-state index in [1.165, 1.54) is 18.2 Å². The van der Waals surface area contributed by atoms with Crippen molar-refractivity contribution in [2.45, 2.75) is 24.9 Å². The Hall–Kier alpha value is -2.66. The van der Waals surface area contributed by atoms with E-state index in [0.29, 0.717) is 18.8 Å². The zero-order valence-corrected chi connectivity index (χ0v) is 11.7. The molecular formula is C14H15N3O5. The van der Waals surface area contributed by atoms with Gasteiger partial charge in [-0.05, 0) is 18.9 Å². The molecule has 8 nitrogen and oxygen atoms in total. The van der Waals surface area contributed by atoms with E-state index in [9.17, 15) is 20.0 Å². The molecule has 1 aliphatic rings. The second kappa shape index (κ2) is 5.99. The predicted molar refractivity (Wildman–Crippen MR) is 76.5 cm³/mol. The lowest BCUT2D eigenvalue weighted by Crippen LogP contribution is -2.45. The molecule has 0 atom stereocenters. The van der Waals surface area contributed by atoms with Crippen molar-refractivity contribution in [1.82, 2.24) is 0 Å². The smallest absolute Gasteiger partial charge is 0.306 e. The van der Waals surface area contributed by atoms with Crippen molar-refractivity contribution in [1.29, 1.82) is 5.26 Å². The van der Waals surface area contributed by atoms with Crippen molar-refractivity contribution < 1.29 is 19.9 Å². The molecule has 0 amide bonds. The Balaban J connectivity index is 2.16. The highest BCUT2D eigenvalue weighted by Crippen LogP contribution is 2.31. The third-order valence-corrected chi connectivity index (χ3v) is 3.83. The Morgan fingerprint density at radius 3 is 2.59 bits per heavy atom. The summed E-state index contributed by atoms with van der Waals surface area (Å²) in [5.41, 5.74) is -0.640. The fraction of sp³-hybridized carbons (Fsp3) is 0.429. The molecule has 1 aromatic rings. The lowest BCUT2D eigenvalue weighted by Gasteiger charge is -2.38. The largest absolute Gasteiger partial charge is 0.481 e.